The number of hydrogen-bond acceptors (Lipinski definition) is 3. The molecule has 0 aliphatic carbocycles. The van der Waals surface area contributed by atoms with Gasteiger partial charge in [0.05, 0.1) is 19.3 Å². The van der Waals surface area contributed by atoms with Crippen molar-refractivity contribution in [3.05, 3.63) is 0 Å². The first-order valence-electron chi connectivity index (χ1n) is 4.53. The number of likely N-dealkylation sites (N-methyl/N-ethyl adjacent to an activating group) is 1. The third-order valence-electron chi connectivity index (χ3n) is 2.60. The van der Waals surface area contributed by atoms with Crippen molar-refractivity contribution in [2.24, 2.45) is 5.92 Å². The highest BCUT2D eigenvalue weighted by molar-refractivity contribution is 4.76. The molecule has 1 heterocycles. The smallest absolute Gasteiger partial charge is 0.167 e. The average Bonchev–Trinajstić information content (AvgIpc) is 2.06. The second-order valence-electron chi connectivity index (χ2n) is 3.78. The fraction of sp³-hybridized carbons (Fsp3) is 1.00. The Morgan fingerprint density at radius 3 is 2.17 bits per heavy atom. The Balaban J connectivity index is 2.44. The Morgan fingerprint density at radius 1 is 1.33 bits per heavy atom. The maximum Gasteiger partial charge on any atom is 0.167 e. The summed E-state index contributed by atoms with van der Waals surface area (Å²) in [5, 5.41) is 3.13. The molecule has 3 nitrogen and oxygen atoms in total. The van der Waals surface area contributed by atoms with E-state index >= 15 is 0 Å². The van der Waals surface area contributed by atoms with E-state index in [2.05, 4.69) is 19.2 Å². The van der Waals surface area contributed by atoms with E-state index in [1.54, 1.807) is 0 Å². The molecule has 72 valence electrons. The van der Waals surface area contributed by atoms with Crippen LogP contribution in [0.1, 0.15) is 20.8 Å². The molecular weight excluding hydrogens is 154 g/mol. The van der Waals surface area contributed by atoms with Gasteiger partial charge in [0.1, 0.15) is 0 Å². The standard InChI is InChI=1S/C9H19NO2/c1-7(2)9(3)11-5-8(10-4)6-12-9/h7-8,10H,5-6H2,1-4H3. The van der Waals surface area contributed by atoms with E-state index in [0.29, 0.717) is 12.0 Å². The third kappa shape index (κ3) is 1.97. The molecule has 0 unspecified atom stereocenters. The molecule has 3 heteroatoms. The Morgan fingerprint density at radius 2 is 1.83 bits per heavy atom. The van der Waals surface area contributed by atoms with Gasteiger partial charge in [0.15, 0.2) is 5.79 Å². The Labute approximate surface area is 74.4 Å². The van der Waals surface area contributed by atoms with E-state index in [4.69, 9.17) is 9.47 Å². The molecule has 12 heavy (non-hydrogen) atoms. The van der Waals surface area contributed by atoms with Crippen molar-refractivity contribution < 1.29 is 9.47 Å². The van der Waals surface area contributed by atoms with Gasteiger partial charge in [-0.25, -0.2) is 0 Å². The summed E-state index contributed by atoms with van der Waals surface area (Å²) in [4.78, 5) is 0. The zero-order valence-corrected chi connectivity index (χ0v) is 8.39. The molecule has 0 atom stereocenters. The normalized spacial score (nSPS) is 37.2. The van der Waals surface area contributed by atoms with E-state index < -0.39 is 0 Å². The van der Waals surface area contributed by atoms with Gasteiger partial charge in [-0.2, -0.15) is 0 Å². The summed E-state index contributed by atoms with van der Waals surface area (Å²) in [6, 6.07) is 0.344. The number of ether oxygens (including phenoxy) is 2. The molecule has 0 aromatic rings. The maximum absolute atomic E-state index is 5.65. The molecule has 1 saturated heterocycles. The van der Waals surface area contributed by atoms with Gasteiger partial charge in [0, 0.05) is 5.92 Å². The molecule has 1 rings (SSSR count). The van der Waals surface area contributed by atoms with Gasteiger partial charge in [-0.05, 0) is 14.0 Å². The highest BCUT2D eigenvalue weighted by atomic mass is 16.7. The molecule has 0 aromatic heterocycles. The second kappa shape index (κ2) is 3.73. The van der Waals surface area contributed by atoms with Crippen molar-refractivity contribution in [3.63, 3.8) is 0 Å². The van der Waals surface area contributed by atoms with Crippen molar-refractivity contribution in [3.8, 4) is 0 Å². The maximum atomic E-state index is 5.65. The van der Waals surface area contributed by atoms with Crippen molar-refractivity contribution in [2.45, 2.75) is 32.6 Å². The minimum Gasteiger partial charge on any atom is -0.348 e. The topological polar surface area (TPSA) is 30.5 Å². The number of rotatable bonds is 2. The van der Waals surface area contributed by atoms with Crippen LogP contribution < -0.4 is 5.32 Å². The monoisotopic (exact) mass is 173 g/mol. The van der Waals surface area contributed by atoms with Gasteiger partial charge < -0.3 is 14.8 Å². The molecule has 1 fully saturated rings. The number of hydrogen-bond donors (Lipinski definition) is 1. The lowest BCUT2D eigenvalue weighted by atomic mass is 10.0. The molecule has 0 spiro atoms. The first-order valence-corrected chi connectivity index (χ1v) is 4.53. The molecule has 1 aliphatic heterocycles. The van der Waals surface area contributed by atoms with Gasteiger partial charge in [-0.1, -0.05) is 13.8 Å². The van der Waals surface area contributed by atoms with Gasteiger partial charge in [-0.15, -0.1) is 0 Å². The molecule has 0 bridgehead atoms. The van der Waals surface area contributed by atoms with Gasteiger partial charge >= 0.3 is 0 Å². The lowest BCUT2D eigenvalue weighted by molar-refractivity contribution is -0.284. The Hall–Kier alpha value is -0.120. The lowest BCUT2D eigenvalue weighted by Crippen LogP contribution is -2.51. The third-order valence-corrected chi connectivity index (χ3v) is 2.60. The van der Waals surface area contributed by atoms with Crippen molar-refractivity contribution in [1.29, 1.82) is 0 Å². The zero-order chi connectivity index (χ0) is 9.19. The van der Waals surface area contributed by atoms with Gasteiger partial charge in [0.25, 0.3) is 0 Å². The predicted octanol–water partition coefficient (Wildman–Crippen LogP) is 0.993. The molecule has 1 N–H and O–H groups in total. The summed E-state index contributed by atoms with van der Waals surface area (Å²) in [6.45, 7) is 7.71. The fourth-order valence-electron chi connectivity index (χ4n) is 1.12. The number of nitrogens with one attached hydrogen (secondary N) is 1. The van der Waals surface area contributed by atoms with E-state index in [0.717, 1.165) is 13.2 Å². The second-order valence-corrected chi connectivity index (χ2v) is 3.78. The van der Waals surface area contributed by atoms with Crippen LogP contribution in [0.2, 0.25) is 0 Å². The van der Waals surface area contributed by atoms with Crippen LogP contribution in [0, 0.1) is 5.92 Å². The summed E-state index contributed by atoms with van der Waals surface area (Å²) >= 11 is 0. The summed E-state index contributed by atoms with van der Waals surface area (Å²) < 4.78 is 11.3. The van der Waals surface area contributed by atoms with Crippen LogP contribution in [0.5, 0.6) is 0 Å². The van der Waals surface area contributed by atoms with Crippen LogP contribution in [-0.2, 0) is 9.47 Å². The summed E-state index contributed by atoms with van der Waals surface area (Å²) in [5.41, 5.74) is 0. The molecule has 0 aromatic carbocycles. The van der Waals surface area contributed by atoms with Gasteiger partial charge in [0.2, 0.25) is 0 Å². The summed E-state index contributed by atoms with van der Waals surface area (Å²) in [6.07, 6.45) is 0. The summed E-state index contributed by atoms with van der Waals surface area (Å²) in [5.74, 6) is 0.0168. The molecule has 1 aliphatic rings. The van der Waals surface area contributed by atoms with Gasteiger partial charge in [-0.3, -0.25) is 0 Å². The van der Waals surface area contributed by atoms with Crippen LogP contribution >= 0.6 is 0 Å². The lowest BCUT2D eigenvalue weighted by Gasteiger charge is -2.40. The fourth-order valence-corrected chi connectivity index (χ4v) is 1.12. The van der Waals surface area contributed by atoms with Crippen LogP contribution in [0.4, 0.5) is 0 Å². The van der Waals surface area contributed by atoms with E-state index in [1.165, 1.54) is 0 Å². The minimum absolute atomic E-state index is 0.344. The van der Waals surface area contributed by atoms with Crippen LogP contribution in [0.3, 0.4) is 0 Å². The minimum atomic E-state index is -0.382. The van der Waals surface area contributed by atoms with Crippen LogP contribution in [0.25, 0.3) is 0 Å². The first-order chi connectivity index (χ1) is 5.58. The zero-order valence-electron chi connectivity index (χ0n) is 8.39. The molecular formula is C9H19NO2. The van der Waals surface area contributed by atoms with Crippen LogP contribution in [0.15, 0.2) is 0 Å². The molecule has 0 amide bonds. The Kier molecular flexibility index (Phi) is 3.09. The largest absolute Gasteiger partial charge is 0.348 e. The van der Waals surface area contributed by atoms with E-state index in [1.807, 2.05) is 14.0 Å². The SMILES string of the molecule is CNC1COC(C)(C(C)C)OC1. The molecule has 0 radical (unpaired) electrons. The van der Waals surface area contributed by atoms with Crippen molar-refractivity contribution in [2.75, 3.05) is 20.3 Å². The predicted molar refractivity (Wildman–Crippen MR) is 48.0 cm³/mol. The van der Waals surface area contributed by atoms with Crippen molar-refractivity contribution >= 4 is 0 Å². The van der Waals surface area contributed by atoms with Crippen molar-refractivity contribution in [1.82, 2.24) is 5.32 Å². The highest BCUT2D eigenvalue weighted by Crippen LogP contribution is 2.26. The Bertz CT molecular complexity index is 139. The van der Waals surface area contributed by atoms with Crippen LogP contribution in [-0.4, -0.2) is 32.1 Å². The van der Waals surface area contributed by atoms with E-state index in [-0.39, 0.29) is 5.79 Å². The quantitative estimate of drug-likeness (QED) is 0.675. The highest BCUT2D eigenvalue weighted by Gasteiger charge is 2.35. The molecule has 0 saturated carbocycles. The summed E-state index contributed by atoms with van der Waals surface area (Å²) in [7, 11) is 1.93. The first kappa shape index (κ1) is 9.96. The average molecular weight is 173 g/mol. The van der Waals surface area contributed by atoms with E-state index in [9.17, 15) is 0 Å².